The van der Waals surface area contributed by atoms with Gasteiger partial charge in [-0.1, -0.05) is 81.1 Å². The van der Waals surface area contributed by atoms with Crippen molar-refractivity contribution in [1.29, 1.82) is 0 Å². The summed E-state index contributed by atoms with van der Waals surface area (Å²) in [7, 11) is 0. The van der Waals surface area contributed by atoms with Gasteiger partial charge in [-0.15, -0.1) is 0 Å². The van der Waals surface area contributed by atoms with E-state index in [0.29, 0.717) is 35.9 Å². The minimum absolute atomic E-state index is 0.120. The van der Waals surface area contributed by atoms with Crippen LogP contribution in [-0.2, 0) is 18.9 Å². The Hall–Kier alpha value is -0.680. The predicted molar refractivity (Wildman–Crippen MR) is 163 cm³/mol. The monoisotopic (exact) mass is 556 g/mol. The highest BCUT2D eigenvalue weighted by Crippen LogP contribution is 2.50. The van der Waals surface area contributed by atoms with Crippen LogP contribution in [0.1, 0.15) is 132 Å². The van der Waals surface area contributed by atoms with Crippen molar-refractivity contribution in [2.75, 3.05) is 0 Å². The van der Waals surface area contributed by atoms with Gasteiger partial charge in [0.15, 0.2) is 0 Å². The van der Waals surface area contributed by atoms with E-state index in [0.717, 1.165) is 51.4 Å². The van der Waals surface area contributed by atoms with Gasteiger partial charge in [-0.25, -0.2) is 0 Å². The van der Waals surface area contributed by atoms with Gasteiger partial charge in [0, 0.05) is 0 Å². The van der Waals surface area contributed by atoms with Gasteiger partial charge in [0.25, 0.3) is 0 Å². The molecule has 5 heterocycles. The van der Waals surface area contributed by atoms with Crippen LogP contribution >= 0.6 is 0 Å². The second kappa shape index (κ2) is 13.3. The predicted octanol–water partition coefficient (Wildman–Crippen LogP) is 8.97. The summed E-state index contributed by atoms with van der Waals surface area (Å²) in [6, 6.07) is 0. The molecule has 0 aliphatic carbocycles. The molecule has 5 aliphatic heterocycles. The topological polar surface area (TPSA) is 36.9 Å². The van der Waals surface area contributed by atoms with E-state index in [1.165, 1.54) is 25.7 Å². The van der Waals surface area contributed by atoms with Gasteiger partial charge in [0.2, 0.25) is 0 Å². The number of hydrogen-bond donors (Lipinski definition) is 0. The van der Waals surface area contributed by atoms with Gasteiger partial charge in [-0.05, 0) is 97.3 Å². The highest BCUT2D eigenvalue weighted by atomic mass is 16.6. The molecule has 0 amide bonds. The molecule has 0 aromatic heterocycles. The van der Waals surface area contributed by atoms with Crippen molar-refractivity contribution in [3.8, 4) is 0 Å². The molecule has 12 unspecified atom stereocenters. The first-order chi connectivity index (χ1) is 19.5. The first-order valence-electron chi connectivity index (χ1n) is 17.5. The molecule has 0 saturated carbocycles. The summed E-state index contributed by atoms with van der Waals surface area (Å²) in [5.74, 6) is 2.32. The first kappa shape index (κ1) is 30.8. The van der Waals surface area contributed by atoms with Crippen LogP contribution in [0.4, 0.5) is 0 Å². The first-order valence-corrected chi connectivity index (χ1v) is 17.5. The van der Waals surface area contributed by atoms with E-state index in [1.54, 1.807) is 22.3 Å². The largest absolute Gasteiger partial charge is 0.371 e. The van der Waals surface area contributed by atoms with Gasteiger partial charge in [-0.3, -0.25) is 0 Å². The van der Waals surface area contributed by atoms with Crippen LogP contribution in [0.15, 0.2) is 22.3 Å². The lowest BCUT2D eigenvalue weighted by Crippen LogP contribution is -2.35. The van der Waals surface area contributed by atoms with Crippen LogP contribution in [0.25, 0.3) is 0 Å². The molecule has 3 fully saturated rings. The number of fused-ring (bicyclic) bond motifs is 10. The fourth-order valence-corrected chi connectivity index (χ4v) is 10.1. The van der Waals surface area contributed by atoms with Crippen molar-refractivity contribution in [2.24, 2.45) is 23.7 Å². The van der Waals surface area contributed by atoms with E-state index in [2.05, 4.69) is 55.4 Å². The molecule has 0 N–H and O–H groups in total. The smallest absolute Gasteiger partial charge is 0.106 e. The summed E-state index contributed by atoms with van der Waals surface area (Å²) < 4.78 is 28.4. The standard InChI is InChI=1S/C36H60O4/c1-9-21-25(13-5)33-34-26(14-6)22(10-2)31(38-34)19-20-32-24(12-4)28(16-8)36(40-32)35-27(15-7)23(11-3)30(39-35)18-17-29(21)37-33/h21,24-25,28-36H,9-20H2,1-8H3. The van der Waals surface area contributed by atoms with Crippen LogP contribution < -0.4 is 0 Å². The molecule has 4 nitrogen and oxygen atoms in total. The Balaban J connectivity index is 1.53. The Bertz CT molecular complexity index is 848. The Kier molecular flexibility index (Phi) is 10.2. The maximum absolute atomic E-state index is 7.12. The molecule has 0 aromatic rings. The quantitative estimate of drug-likeness (QED) is 0.280. The lowest BCUT2D eigenvalue weighted by Gasteiger charge is -2.28. The molecule has 40 heavy (non-hydrogen) atoms. The third-order valence-corrected chi connectivity index (χ3v) is 11.9. The normalized spacial score (nSPS) is 43.8. The van der Waals surface area contributed by atoms with E-state index in [-0.39, 0.29) is 36.6 Å². The zero-order chi connectivity index (χ0) is 28.6. The molecule has 12 atom stereocenters. The average Bonchev–Trinajstić information content (AvgIpc) is 3.71. The highest BCUT2D eigenvalue weighted by molar-refractivity contribution is 5.31. The molecular formula is C36H60O4. The molecule has 0 spiro atoms. The SMILES string of the molecule is CCC1=C(CC)C2OC1CCC1OC(C3OC(CCC4OC2C(CC)C4CC)C(CC)=C3CC)C(CC)C1CC. The maximum atomic E-state index is 7.12. The summed E-state index contributed by atoms with van der Waals surface area (Å²) in [5.41, 5.74) is 6.22. The molecule has 3 saturated heterocycles. The average molecular weight is 557 g/mol. The van der Waals surface area contributed by atoms with Gasteiger partial charge < -0.3 is 18.9 Å². The van der Waals surface area contributed by atoms with Gasteiger partial charge in [-0.2, -0.15) is 0 Å². The maximum Gasteiger partial charge on any atom is 0.106 e. The third-order valence-electron chi connectivity index (χ3n) is 11.9. The van der Waals surface area contributed by atoms with Crippen LogP contribution in [0, 0.1) is 23.7 Å². The number of hydrogen-bond acceptors (Lipinski definition) is 4. The Labute approximate surface area is 246 Å². The molecule has 0 radical (unpaired) electrons. The fourth-order valence-electron chi connectivity index (χ4n) is 10.1. The molecule has 4 heteroatoms. The summed E-state index contributed by atoms with van der Waals surface area (Å²) in [6.45, 7) is 18.8. The summed E-state index contributed by atoms with van der Waals surface area (Å²) in [5, 5.41) is 0. The number of rotatable bonds is 8. The van der Waals surface area contributed by atoms with Gasteiger partial charge in [0.05, 0.1) is 36.6 Å². The lowest BCUT2D eigenvalue weighted by atomic mass is 9.78. The van der Waals surface area contributed by atoms with Crippen molar-refractivity contribution in [2.45, 2.75) is 181 Å². The van der Waals surface area contributed by atoms with Crippen molar-refractivity contribution in [3.63, 3.8) is 0 Å². The van der Waals surface area contributed by atoms with Crippen LogP contribution in [0.2, 0.25) is 0 Å². The van der Waals surface area contributed by atoms with E-state index < -0.39 is 0 Å². The lowest BCUT2D eigenvalue weighted by molar-refractivity contribution is -0.0944. The molecular weight excluding hydrogens is 496 g/mol. The van der Waals surface area contributed by atoms with Crippen molar-refractivity contribution in [1.82, 2.24) is 0 Å². The Morgan fingerprint density at radius 1 is 0.425 bits per heavy atom. The Morgan fingerprint density at radius 2 is 0.775 bits per heavy atom. The van der Waals surface area contributed by atoms with E-state index in [1.807, 2.05) is 0 Å². The molecule has 0 aromatic carbocycles. The van der Waals surface area contributed by atoms with Gasteiger partial charge in [0.1, 0.15) is 12.2 Å². The zero-order valence-electron chi connectivity index (χ0n) is 27.0. The summed E-state index contributed by atoms with van der Waals surface area (Å²) >= 11 is 0. The minimum atomic E-state index is 0.120. The van der Waals surface area contributed by atoms with Crippen LogP contribution in [0.5, 0.6) is 0 Å². The van der Waals surface area contributed by atoms with E-state index in [9.17, 15) is 0 Å². The summed E-state index contributed by atoms with van der Waals surface area (Å²) in [6.07, 6.45) is 14.9. The zero-order valence-corrected chi connectivity index (χ0v) is 27.0. The Morgan fingerprint density at radius 3 is 1.07 bits per heavy atom. The molecule has 5 rings (SSSR count). The van der Waals surface area contributed by atoms with E-state index >= 15 is 0 Å². The molecule has 5 aliphatic rings. The van der Waals surface area contributed by atoms with Crippen molar-refractivity contribution >= 4 is 0 Å². The van der Waals surface area contributed by atoms with E-state index in [4.69, 9.17) is 18.9 Å². The highest BCUT2D eigenvalue weighted by Gasteiger charge is 2.52. The molecule has 8 bridgehead atoms. The third kappa shape index (κ3) is 5.20. The van der Waals surface area contributed by atoms with Gasteiger partial charge >= 0.3 is 0 Å². The summed E-state index contributed by atoms with van der Waals surface area (Å²) in [4.78, 5) is 0. The van der Waals surface area contributed by atoms with Crippen molar-refractivity contribution in [3.05, 3.63) is 22.3 Å². The second-order valence-electron chi connectivity index (χ2n) is 13.3. The fraction of sp³-hybridized carbons (Fsp3) is 0.889. The molecule has 228 valence electrons. The number of ether oxygens (including phenoxy) is 4. The van der Waals surface area contributed by atoms with Crippen molar-refractivity contribution < 1.29 is 18.9 Å². The van der Waals surface area contributed by atoms with Crippen LogP contribution in [-0.4, -0.2) is 48.8 Å². The minimum Gasteiger partial charge on any atom is -0.371 e. The second-order valence-corrected chi connectivity index (χ2v) is 13.3. The van der Waals surface area contributed by atoms with Crippen LogP contribution in [0.3, 0.4) is 0 Å².